The number of nitrogens with zero attached hydrogens (tertiary/aromatic N) is 4. The van der Waals surface area contributed by atoms with E-state index >= 15 is 0 Å². The molecule has 4 aromatic rings. The number of benzene rings is 1. The molecule has 0 saturated heterocycles. The van der Waals surface area contributed by atoms with E-state index in [0.717, 1.165) is 35.0 Å². The molecule has 5 rings (SSSR count). The zero-order valence-corrected chi connectivity index (χ0v) is 17.3. The Hall–Kier alpha value is -2.16. The van der Waals surface area contributed by atoms with Gasteiger partial charge in [0, 0.05) is 22.5 Å². The van der Waals surface area contributed by atoms with Gasteiger partial charge in [0.05, 0.1) is 11.1 Å². The summed E-state index contributed by atoms with van der Waals surface area (Å²) in [5, 5.41) is 6.09. The highest BCUT2D eigenvalue weighted by Crippen LogP contribution is 2.35. The molecule has 0 bridgehead atoms. The Morgan fingerprint density at radius 3 is 3.07 bits per heavy atom. The highest BCUT2D eigenvalue weighted by molar-refractivity contribution is 7.98. The van der Waals surface area contributed by atoms with Crippen LogP contribution >= 0.6 is 34.7 Å². The van der Waals surface area contributed by atoms with Crippen molar-refractivity contribution in [2.24, 2.45) is 7.05 Å². The SMILES string of the molecule is Cn1c(SCc2nc(-c3cccc(Cl)c3)no2)nc2sc3c(c2c1=O)CCC3. The van der Waals surface area contributed by atoms with Gasteiger partial charge in [-0.05, 0) is 37.0 Å². The Labute approximate surface area is 173 Å². The summed E-state index contributed by atoms with van der Waals surface area (Å²) in [5.41, 5.74) is 2.03. The molecule has 0 aliphatic heterocycles. The molecular formula is C19H15ClN4O2S2. The van der Waals surface area contributed by atoms with Gasteiger partial charge in [0.2, 0.25) is 11.7 Å². The fourth-order valence-electron chi connectivity index (χ4n) is 3.42. The highest BCUT2D eigenvalue weighted by Gasteiger charge is 2.22. The molecule has 1 aliphatic rings. The van der Waals surface area contributed by atoms with Crippen LogP contribution in [0.2, 0.25) is 5.02 Å². The van der Waals surface area contributed by atoms with Gasteiger partial charge in [-0.3, -0.25) is 9.36 Å². The smallest absolute Gasteiger partial charge is 0.262 e. The third-order valence-corrected chi connectivity index (χ3v) is 7.22. The standard InChI is InChI=1S/C19H15ClN4O2S2/c1-24-18(25)15-12-6-3-7-13(12)28-17(15)22-19(24)27-9-14-21-16(23-26-14)10-4-2-5-11(20)8-10/h2,4-5,8H,3,6-7,9H2,1H3. The van der Waals surface area contributed by atoms with E-state index in [0.29, 0.717) is 27.6 Å². The molecule has 0 fully saturated rings. The summed E-state index contributed by atoms with van der Waals surface area (Å²) in [6.07, 6.45) is 3.16. The van der Waals surface area contributed by atoms with Crippen LogP contribution in [0, 0.1) is 0 Å². The number of hydrogen-bond donors (Lipinski definition) is 0. The lowest BCUT2D eigenvalue weighted by atomic mass is 10.2. The number of hydrogen-bond acceptors (Lipinski definition) is 7. The predicted octanol–water partition coefficient (Wildman–Crippen LogP) is 4.48. The van der Waals surface area contributed by atoms with Crippen LogP contribution in [-0.2, 0) is 25.6 Å². The molecule has 0 atom stereocenters. The fourth-order valence-corrected chi connectivity index (χ4v) is 5.72. The third-order valence-electron chi connectivity index (χ3n) is 4.78. The molecule has 1 aromatic carbocycles. The average molecular weight is 431 g/mol. The second-order valence-corrected chi connectivity index (χ2v) is 9.07. The molecule has 0 spiro atoms. The van der Waals surface area contributed by atoms with Crippen LogP contribution in [-0.4, -0.2) is 19.7 Å². The third kappa shape index (κ3) is 3.05. The van der Waals surface area contributed by atoms with Crippen LogP contribution in [0.3, 0.4) is 0 Å². The summed E-state index contributed by atoms with van der Waals surface area (Å²) >= 11 is 9.08. The number of aryl methyl sites for hydroxylation is 2. The minimum absolute atomic E-state index is 0.0250. The maximum absolute atomic E-state index is 12.9. The second kappa shape index (κ2) is 7.02. The van der Waals surface area contributed by atoms with Gasteiger partial charge in [-0.2, -0.15) is 4.98 Å². The van der Waals surface area contributed by atoms with E-state index in [2.05, 4.69) is 10.1 Å². The summed E-state index contributed by atoms with van der Waals surface area (Å²) in [4.78, 5) is 24.1. The van der Waals surface area contributed by atoms with Crippen LogP contribution in [0.5, 0.6) is 0 Å². The number of thiophene rings is 1. The van der Waals surface area contributed by atoms with Crippen molar-refractivity contribution >= 4 is 44.9 Å². The first-order valence-electron chi connectivity index (χ1n) is 8.83. The molecular weight excluding hydrogens is 416 g/mol. The minimum atomic E-state index is 0.0250. The first-order chi connectivity index (χ1) is 13.6. The molecule has 0 saturated carbocycles. The van der Waals surface area contributed by atoms with Crippen molar-refractivity contribution in [2.75, 3.05) is 0 Å². The summed E-state index contributed by atoms with van der Waals surface area (Å²) < 4.78 is 6.97. The fraction of sp³-hybridized carbons (Fsp3) is 0.263. The van der Waals surface area contributed by atoms with Crippen LogP contribution in [0.25, 0.3) is 21.6 Å². The van der Waals surface area contributed by atoms with Crippen molar-refractivity contribution in [1.29, 1.82) is 0 Å². The molecule has 0 N–H and O–H groups in total. The maximum atomic E-state index is 12.9. The molecule has 1 aliphatic carbocycles. The quantitative estimate of drug-likeness (QED) is 0.351. The lowest BCUT2D eigenvalue weighted by molar-refractivity contribution is 0.391. The molecule has 142 valence electrons. The summed E-state index contributed by atoms with van der Waals surface area (Å²) in [6, 6.07) is 7.31. The van der Waals surface area contributed by atoms with Gasteiger partial charge in [-0.1, -0.05) is 40.7 Å². The lowest BCUT2D eigenvalue weighted by Gasteiger charge is -2.06. The van der Waals surface area contributed by atoms with Crippen LogP contribution in [0.15, 0.2) is 38.7 Å². The van der Waals surface area contributed by atoms with Gasteiger partial charge < -0.3 is 4.52 Å². The average Bonchev–Trinajstić information content (AvgIpc) is 3.39. The molecule has 6 nitrogen and oxygen atoms in total. The van der Waals surface area contributed by atoms with Crippen LogP contribution in [0.1, 0.15) is 22.8 Å². The molecule has 0 amide bonds. The summed E-state index contributed by atoms with van der Waals surface area (Å²) in [5.74, 6) is 1.40. The normalized spacial score (nSPS) is 13.4. The highest BCUT2D eigenvalue weighted by atomic mass is 35.5. The lowest BCUT2D eigenvalue weighted by Crippen LogP contribution is -2.20. The van der Waals surface area contributed by atoms with E-state index in [1.807, 2.05) is 12.1 Å². The minimum Gasteiger partial charge on any atom is -0.338 e. The second-order valence-electron chi connectivity index (χ2n) is 6.61. The Balaban J connectivity index is 1.41. The molecule has 3 aromatic heterocycles. The zero-order valence-electron chi connectivity index (χ0n) is 14.9. The Kier molecular flexibility index (Phi) is 4.49. The van der Waals surface area contributed by atoms with E-state index in [1.54, 1.807) is 35.1 Å². The van der Waals surface area contributed by atoms with Crippen molar-refractivity contribution in [3.05, 3.63) is 56.0 Å². The maximum Gasteiger partial charge on any atom is 0.262 e. The number of thioether (sulfide) groups is 1. The van der Waals surface area contributed by atoms with E-state index in [9.17, 15) is 4.79 Å². The molecule has 3 heterocycles. The topological polar surface area (TPSA) is 73.8 Å². The largest absolute Gasteiger partial charge is 0.338 e. The molecule has 0 radical (unpaired) electrons. The number of rotatable bonds is 4. The van der Waals surface area contributed by atoms with Crippen LogP contribution in [0.4, 0.5) is 0 Å². The van der Waals surface area contributed by atoms with Crippen molar-refractivity contribution in [3.63, 3.8) is 0 Å². The molecule has 28 heavy (non-hydrogen) atoms. The Bertz CT molecular complexity index is 1260. The van der Waals surface area contributed by atoms with Gasteiger partial charge in [0.15, 0.2) is 5.16 Å². The van der Waals surface area contributed by atoms with Crippen molar-refractivity contribution in [1.82, 2.24) is 19.7 Å². The van der Waals surface area contributed by atoms with Gasteiger partial charge in [-0.15, -0.1) is 11.3 Å². The number of fused-ring (bicyclic) bond motifs is 3. The van der Waals surface area contributed by atoms with E-state index in [4.69, 9.17) is 21.1 Å². The van der Waals surface area contributed by atoms with Crippen molar-refractivity contribution in [2.45, 2.75) is 30.2 Å². The number of halogens is 1. The van der Waals surface area contributed by atoms with E-state index in [-0.39, 0.29) is 5.56 Å². The Morgan fingerprint density at radius 1 is 1.32 bits per heavy atom. The van der Waals surface area contributed by atoms with Gasteiger partial charge in [0.1, 0.15) is 4.83 Å². The zero-order chi connectivity index (χ0) is 19.3. The van der Waals surface area contributed by atoms with Gasteiger partial charge >= 0.3 is 0 Å². The van der Waals surface area contributed by atoms with Gasteiger partial charge in [0.25, 0.3) is 5.56 Å². The predicted molar refractivity (Wildman–Crippen MR) is 111 cm³/mol. The first kappa shape index (κ1) is 17.9. The molecule has 9 heteroatoms. The van der Waals surface area contributed by atoms with E-state index < -0.39 is 0 Å². The Morgan fingerprint density at radius 2 is 2.21 bits per heavy atom. The van der Waals surface area contributed by atoms with Crippen molar-refractivity contribution in [3.8, 4) is 11.4 Å². The summed E-state index contributed by atoms with van der Waals surface area (Å²) in [7, 11) is 1.77. The first-order valence-corrected chi connectivity index (χ1v) is 11.0. The summed E-state index contributed by atoms with van der Waals surface area (Å²) in [6.45, 7) is 0. The monoisotopic (exact) mass is 430 g/mol. The van der Waals surface area contributed by atoms with Crippen LogP contribution < -0.4 is 5.56 Å². The van der Waals surface area contributed by atoms with Crippen molar-refractivity contribution < 1.29 is 4.52 Å². The number of aromatic nitrogens is 4. The molecule has 0 unspecified atom stereocenters. The van der Waals surface area contributed by atoms with Gasteiger partial charge in [-0.25, -0.2) is 4.98 Å². The van der Waals surface area contributed by atoms with E-state index in [1.165, 1.54) is 22.2 Å².